The van der Waals surface area contributed by atoms with E-state index < -0.39 is 18.2 Å². The van der Waals surface area contributed by atoms with Crippen molar-refractivity contribution in [1.29, 1.82) is 0 Å². The van der Waals surface area contributed by atoms with Crippen LogP contribution in [-0.4, -0.2) is 52.8 Å². The lowest BCUT2D eigenvalue weighted by Crippen LogP contribution is -2.22. The van der Waals surface area contributed by atoms with Crippen molar-refractivity contribution in [3.05, 3.63) is 41.4 Å². The van der Waals surface area contributed by atoms with Crippen molar-refractivity contribution in [1.82, 2.24) is 0 Å². The summed E-state index contributed by atoms with van der Waals surface area (Å²) in [6.07, 6.45) is 6.55. The van der Waals surface area contributed by atoms with Crippen LogP contribution in [0.5, 0.6) is 5.75 Å². The molecule has 166 valence electrons. The van der Waals surface area contributed by atoms with E-state index in [0.29, 0.717) is 36.1 Å². The summed E-state index contributed by atoms with van der Waals surface area (Å²) in [5.74, 6) is 0.360. The summed E-state index contributed by atoms with van der Waals surface area (Å²) in [5, 5.41) is 30.2. The summed E-state index contributed by atoms with van der Waals surface area (Å²) < 4.78 is 11.7. The van der Waals surface area contributed by atoms with Gasteiger partial charge in [0.05, 0.1) is 12.2 Å². The number of benzene rings is 1. The SMILES string of the molecule is O=C(O)CCC[C@@H]1CC[C@@H]2[C@@H](C=C[C@H](O)COc3cccc(Cl)c3)[C@H](O)C[C@@H]2OC1. The van der Waals surface area contributed by atoms with Crippen LogP contribution in [0.2, 0.25) is 5.02 Å². The van der Waals surface area contributed by atoms with E-state index in [2.05, 4.69) is 0 Å². The van der Waals surface area contributed by atoms with Gasteiger partial charge in [0.2, 0.25) is 0 Å². The van der Waals surface area contributed by atoms with E-state index in [-0.39, 0.29) is 31.0 Å². The van der Waals surface area contributed by atoms with Crippen LogP contribution in [0.15, 0.2) is 36.4 Å². The van der Waals surface area contributed by atoms with E-state index in [1.807, 2.05) is 6.08 Å². The lowest BCUT2D eigenvalue weighted by molar-refractivity contribution is -0.137. The van der Waals surface area contributed by atoms with Crippen LogP contribution in [0.1, 0.15) is 38.5 Å². The molecule has 1 saturated heterocycles. The molecule has 1 aromatic rings. The molecule has 1 heterocycles. The highest BCUT2D eigenvalue weighted by Crippen LogP contribution is 2.42. The first-order valence-corrected chi connectivity index (χ1v) is 11.1. The van der Waals surface area contributed by atoms with Crippen LogP contribution >= 0.6 is 11.6 Å². The van der Waals surface area contributed by atoms with Crippen molar-refractivity contribution in [2.24, 2.45) is 17.8 Å². The zero-order chi connectivity index (χ0) is 21.5. The molecule has 30 heavy (non-hydrogen) atoms. The van der Waals surface area contributed by atoms with E-state index in [1.54, 1.807) is 30.3 Å². The van der Waals surface area contributed by atoms with Gasteiger partial charge in [0.25, 0.3) is 0 Å². The first-order chi connectivity index (χ1) is 14.4. The molecule has 7 heteroatoms. The molecular weight excluding hydrogens is 408 g/mol. The Morgan fingerprint density at radius 2 is 2.20 bits per heavy atom. The van der Waals surface area contributed by atoms with Gasteiger partial charge in [-0.3, -0.25) is 4.79 Å². The number of carbonyl (C=O) groups is 1. The maximum atomic E-state index is 10.7. The fourth-order valence-electron chi connectivity index (χ4n) is 4.54. The first-order valence-electron chi connectivity index (χ1n) is 10.7. The van der Waals surface area contributed by atoms with Crippen molar-refractivity contribution < 1.29 is 29.6 Å². The lowest BCUT2D eigenvalue weighted by atomic mass is 9.86. The third-order valence-corrected chi connectivity index (χ3v) is 6.35. The predicted octanol–water partition coefficient (Wildman–Crippen LogP) is 3.68. The molecule has 6 nitrogen and oxygen atoms in total. The first kappa shape index (κ1) is 23.1. The fraction of sp³-hybridized carbons (Fsp3) is 0.609. The van der Waals surface area contributed by atoms with E-state index in [4.69, 9.17) is 26.2 Å². The van der Waals surface area contributed by atoms with Crippen LogP contribution in [0.3, 0.4) is 0 Å². The van der Waals surface area contributed by atoms with E-state index in [9.17, 15) is 15.0 Å². The highest BCUT2D eigenvalue weighted by atomic mass is 35.5. The Hall–Kier alpha value is -1.60. The van der Waals surface area contributed by atoms with Gasteiger partial charge in [-0.05, 0) is 55.7 Å². The zero-order valence-corrected chi connectivity index (χ0v) is 17.8. The largest absolute Gasteiger partial charge is 0.491 e. The second kappa shape index (κ2) is 11.1. The maximum Gasteiger partial charge on any atom is 0.303 e. The molecule has 0 aromatic heterocycles. The molecule has 0 spiro atoms. The van der Waals surface area contributed by atoms with Gasteiger partial charge in [-0.2, -0.15) is 0 Å². The number of hydrogen-bond donors (Lipinski definition) is 3. The number of hydrogen-bond acceptors (Lipinski definition) is 5. The van der Waals surface area contributed by atoms with E-state index in [1.165, 1.54) is 0 Å². The van der Waals surface area contributed by atoms with Crippen molar-refractivity contribution in [3.8, 4) is 5.75 Å². The Morgan fingerprint density at radius 1 is 1.37 bits per heavy atom. The van der Waals surface area contributed by atoms with Gasteiger partial charge in [-0.15, -0.1) is 0 Å². The lowest BCUT2D eigenvalue weighted by Gasteiger charge is -2.21. The minimum Gasteiger partial charge on any atom is -0.491 e. The zero-order valence-electron chi connectivity index (χ0n) is 17.0. The topological polar surface area (TPSA) is 96.2 Å². The van der Waals surface area contributed by atoms with E-state index >= 15 is 0 Å². The maximum absolute atomic E-state index is 10.7. The molecule has 0 radical (unpaired) electrons. The van der Waals surface area contributed by atoms with Crippen molar-refractivity contribution in [3.63, 3.8) is 0 Å². The third-order valence-electron chi connectivity index (χ3n) is 6.12. The Labute approximate surface area is 182 Å². The van der Waals surface area contributed by atoms with Gasteiger partial charge >= 0.3 is 5.97 Å². The van der Waals surface area contributed by atoms with Gasteiger partial charge in [-0.25, -0.2) is 0 Å². The van der Waals surface area contributed by atoms with Crippen LogP contribution in [0.4, 0.5) is 0 Å². The van der Waals surface area contributed by atoms with Gasteiger partial charge in [0.1, 0.15) is 18.5 Å². The molecule has 2 fully saturated rings. The number of aliphatic carboxylic acids is 1. The number of halogens is 1. The van der Waals surface area contributed by atoms with Crippen LogP contribution < -0.4 is 4.74 Å². The highest BCUT2D eigenvalue weighted by Gasteiger charge is 2.43. The number of aliphatic hydroxyl groups excluding tert-OH is 2. The van der Waals surface area contributed by atoms with Gasteiger partial charge < -0.3 is 24.8 Å². The van der Waals surface area contributed by atoms with Crippen LogP contribution in [-0.2, 0) is 9.53 Å². The quantitative estimate of drug-likeness (QED) is 0.509. The van der Waals surface area contributed by atoms with E-state index in [0.717, 1.165) is 19.3 Å². The monoisotopic (exact) mass is 438 g/mol. The number of aliphatic hydroxyl groups is 2. The number of carboxylic acid groups (broad SMARTS) is 1. The molecule has 3 N–H and O–H groups in total. The molecule has 0 amide bonds. The molecule has 0 unspecified atom stereocenters. The summed E-state index contributed by atoms with van der Waals surface area (Å²) in [7, 11) is 0. The Morgan fingerprint density at radius 3 is 2.97 bits per heavy atom. The van der Waals surface area contributed by atoms with Crippen molar-refractivity contribution >= 4 is 17.6 Å². The second-order valence-electron chi connectivity index (χ2n) is 8.37. The van der Waals surface area contributed by atoms with Crippen LogP contribution in [0.25, 0.3) is 0 Å². The average molecular weight is 439 g/mol. The number of carboxylic acids is 1. The Bertz CT molecular complexity index is 723. The van der Waals surface area contributed by atoms with Gasteiger partial charge in [0.15, 0.2) is 0 Å². The number of fused-ring (bicyclic) bond motifs is 1. The van der Waals surface area contributed by atoms with Crippen molar-refractivity contribution in [2.45, 2.75) is 56.8 Å². The smallest absolute Gasteiger partial charge is 0.303 e. The fourth-order valence-corrected chi connectivity index (χ4v) is 4.72. The van der Waals surface area contributed by atoms with Crippen molar-refractivity contribution in [2.75, 3.05) is 13.2 Å². The summed E-state index contributed by atoms with van der Waals surface area (Å²) >= 11 is 5.93. The Balaban J connectivity index is 1.49. The van der Waals surface area contributed by atoms with Gasteiger partial charge in [0, 0.05) is 30.4 Å². The molecule has 1 aliphatic carbocycles. The normalized spacial score (nSPS) is 30.0. The molecule has 1 saturated carbocycles. The molecule has 1 aromatic carbocycles. The molecule has 0 bridgehead atoms. The van der Waals surface area contributed by atoms with Gasteiger partial charge in [-0.1, -0.05) is 29.8 Å². The minimum atomic E-state index is -0.786. The second-order valence-corrected chi connectivity index (χ2v) is 8.80. The molecule has 6 atom stereocenters. The predicted molar refractivity (Wildman–Crippen MR) is 114 cm³/mol. The molecule has 1 aliphatic heterocycles. The summed E-state index contributed by atoms with van der Waals surface area (Å²) in [4.78, 5) is 10.7. The number of ether oxygens (including phenoxy) is 2. The molecule has 2 aliphatic rings. The molecule has 3 rings (SSSR count). The summed E-state index contributed by atoms with van der Waals surface area (Å²) in [5.41, 5.74) is 0. The average Bonchev–Trinajstić information content (AvgIpc) is 2.86. The number of rotatable bonds is 9. The summed E-state index contributed by atoms with van der Waals surface area (Å²) in [6.45, 7) is 0.732. The highest BCUT2D eigenvalue weighted by molar-refractivity contribution is 6.30. The molecular formula is C23H31ClO6. The van der Waals surface area contributed by atoms with Crippen LogP contribution in [0, 0.1) is 17.8 Å². The third kappa shape index (κ3) is 6.71. The Kier molecular flexibility index (Phi) is 8.57. The summed E-state index contributed by atoms with van der Waals surface area (Å²) in [6, 6.07) is 7.02. The minimum absolute atomic E-state index is 0.0129. The standard InChI is InChI=1S/C23H31ClO6/c24-16-4-2-5-18(11-16)29-14-17(25)8-10-19-20-9-7-15(3-1-6-23(27)28)13-30-22(20)12-21(19)26/h2,4-5,8,10-11,15,17,19-22,25-26H,1,3,6-7,9,12-14H2,(H,27,28)/t15-,17+,19-,20-,21-,22+/m1/s1.